The van der Waals surface area contributed by atoms with Crippen molar-refractivity contribution in [1.29, 1.82) is 0 Å². The van der Waals surface area contributed by atoms with Crippen LogP contribution in [-0.2, 0) is 6.42 Å². The molecule has 0 radical (unpaired) electrons. The molecular weight excluding hydrogens is 216 g/mol. The quantitative estimate of drug-likeness (QED) is 0.627. The molecule has 0 fully saturated rings. The van der Waals surface area contributed by atoms with E-state index in [4.69, 9.17) is 0 Å². The first kappa shape index (κ1) is 11.2. The molecule has 0 amide bonds. The first-order valence-electron chi connectivity index (χ1n) is 5.26. The minimum atomic E-state index is -0.353. The third kappa shape index (κ3) is 2.45. The molecule has 0 heterocycles. The summed E-state index contributed by atoms with van der Waals surface area (Å²) in [5, 5.41) is 18.9. The Hall–Kier alpha value is -2.29. The molecule has 0 saturated carbocycles. The summed E-state index contributed by atoms with van der Waals surface area (Å²) in [6, 6.07) is 13.6. The summed E-state index contributed by atoms with van der Waals surface area (Å²) >= 11 is 0. The third-order valence-electron chi connectivity index (χ3n) is 2.52. The van der Waals surface area contributed by atoms with Crippen molar-refractivity contribution in [1.82, 2.24) is 0 Å². The molecule has 2 N–H and O–H groups in total. The van der Waals surface area contributed by atoms with E-state index in [0.717, 1.165) is 5.56 Å². The minimum Gasteiger partial charge on any atom is -0.504 e. The highest BCUT2D eigenvalue weighted by atomic mass is 16.3. The fraction of sp³-hybridized carbons (Fsp3) is 0.0714. The van der Waals surface area contributed by atoms with Gasteiger partial charge in [0.2, 0.25) is 0 Å². The zero-order valence-corrected chi connectivity index (χ0v) is 9.13. The fourth-order valence-electron chi connectivity index (χ4n) is 1.63. The van der Waals surface area contributed by atoms with Gasteiger partial charge >= 0.3 is 0 Å². The number of hydrogen-bond donors (Lipinski definition) is 2. The molecule has 0 atom stereocenters. The van der Waals surface area contributed by atoms with Gasteiger partial charge in [0, 0.05) is 6.42 Å². The maximum atomic E-state index is 11.9. The maximum absolute atomic E-state index is 11.9. The zero-order valence-electron chi connectivity index (χ0n) is 9.13. The second kappa shape index (κ2) is 4.70. The van der Waals surface area contributed by atoms with Gasteiger partial charge in [-0.3, -0.25) is 4.79 Å². The Labute approximate surface area is 99.0 Å². The van der Waals surface area contributed by atoms with Gasteiger partial charge < -0.3 is 10.2 Å². The molecule has 3 nitrogen and oxygen atoms in total. The number of ketones is 1. The molecule has 2 aromatic carbocycles. The molecule has 2 rings (SSSR count). The lowest BCUT2D eigenvalue weighted by atomic mass is 10.0. The smallest absolute Gasteiger partial charge is 0.171 e. The summed E-state index contributed by atoms with van der Waals surface area (Å²) in [5.74, 6) is -0.845. The van der Waals surface area contributed by atoms with Gasteiger partial charge in [-0.2, -0.15) is 0 Å². The van der Waals surface area contributed by atoms with Gasteiger partial charge in [0.25, 0.3) is 0 Å². The van der Waals surface area contributed by atoms with Crippen LogP contribution in [0.1, 0.15) is 15.9 Å². The van der Waals surface area contributed by atoms with Crippen LogP contribution in [0, 0.1) is 0 Å². The Morgan fingerprint density at radius 2 is 1.65 bits per heavy atom. The highest BCUT2D eigenvalue weighted by Crippen LogP contribution is 2.29. The van der Waals surface area contributed by atoms with E-state index < -0.39 is 0 Å². The standard InChI is InChI=1S/C14H12O3/c15-12-8-4-7-11(14(12)17)13(16)9-10-5-2-1-3-6-10/h1-8,15,17H,9H2. The molecular formula is C14H12O3. The molecule has 3 heteroatoms. The summed E-state index contributed by atoms with van der Waals surface area (Å²) in [6.07, 6.45) is 0.206. The van der Waals surface area contributed by atoms with Gasteiger partial charge in [0.1, 0.15) is 0 Å². The van der Waals surface area contributed by atoms with Crippen molar-refractivity contribution in [2.75, 3.05) is 0 Å². The maximum Gasteiger partial charge on any atom is 0.171 e. The number of phenols is 2. The van der Waals surface area contributed by atoms with Crippen LogP contribution in [0.4, 0.5) is 0 Å². The Morgan fingerprint density at radius 3 is 2.35 bits per heavy atom. The van der Waals surface area contributed by atoms with Crippen LogP contribution in [-0.4, -0.2) is 16.0 Å². The van der Waals surface area contributed by atoms with E-state index in [1.165, 1.54) is 18.2 Å². The largest absolute Gasteiger partial charge is 0.504 e. The van der Waals surface area contributed by atoms with Crippen LogP contribution in [0.3, 0.4) is 0 Å². The number of carbonyl (C=O) groups excluding carboxylic acids is 1. The number of phenolic OH excluding ortho intramolecular Hbond substituents is 2. The zero-order chi connectivity index (χ0) is 12.3. The van der Waals surface area contributed by atoms with Crippen LogP contribution in [0.2, 0.25) is 0 Å². The van der Waals surface area contributed by atoms with Crippen molar-refractivity contribution in [2.45, 2.75) is 6.42 Å². The number of rotatable bonds is 3. The number of aromatic hydroxyl groups is 2. The van der Waals surface area contributed by atoms with Gasteiger partial charge in [0.15, 0.2) is 17.3 Å². The normalized spacial score (nSPS) is 10.1. The molecule has 17 heavy (non-hydrogen) atoms. The second-order valence-electron chi connectivity index (χ2n) is 3.76. The van der Waals surface area contributed by atoms with E-state index in [-0.39, 0.29) is 29.3 Å². The lowest BCUT2D eigenvalue weighted by Gasteiger charge is -2.05. The average molecular weight is 228 g/mol. The number of Topliss-reactive ketones (excluding diaryl/α,β-unsaturated/α-hetero) is 1. The molecule has 0 unspecified atom stereocenters. The van der Waals surface area contributed by atoms with E-state index in [9.17, 15) is 15.0 Å². The average Bonchev–Trinajstić information content (AvgIpc) is 2.34. The first-order chi connectivity index (χ1) is 8.18. The third-order valence-corrected chi connectivity index (χ3v) is 2.52. The number of para-hydroxylation sites is 1. The predicted octanol–water partition coefficient (Wildman–Crippen LogP) is 2.52. The van der Waals surface area contributed by atoms with Crippen LogP contribution < -0.4 is 0 Å². The van der Waals surface area contributed by atoms with Gasteiger partial charge in [-0.05, 0) is 17.7 Å². The summed E-state index contributed by atoms with van der Waals surface area (Å²) in [7, 11) is 0. The number of benzene rings is 2. The molecule has 0 aromatic heterocycles. The van der Waals surface area contributed by atoms with Crippen LogP contribution in [0.15, 0.2) is 48.5 Å². The van der Waals surface area contributed by atoms with E-state index in [1.54, 1.807) is 0 Å². The highest BCUT2D eigenvalue weighted by Gasteiger charge is 2.13. The Morgan fingerprint density at radius 1 is 0.941 bits per heavy atom. The van der Waals surface area contributed by atoms with E-state index in [2.05, 4.69) is 0 Å². The fourth-order valence-corrected chi connectivity index (χ4v) is 1.63. The van der Waals surface area contributed by atoms with Gasteiger partial charge in [0.05, 0.1) is 5.56 Å². The molecule has 0 bridgehead atoms. The predicted molar refractivity (Wildman–Crippen MR) is 64.2 cm³/mol. The van der Waals surface area contributed by atoms with E-state index >= 15 is 0 Å². The van der Waals surface area contributed by atoms with E-state index in [0.29, 0.717) is 0 Å². The topological polar surface area (TPSA) is 57.5 Å². The molecule has 0 spiro atoms. The summed E-state index contributed by atoms with van der Waals surface area (Å²) in [4.78, 5) is 11.9. The monoisotopic (exact) mass is 228 g/mol. The van der Waals surface area contributed by atoms with E-state index in [1.807, 2.05) is 30.3 Å². The lowest BCUT2D eigenvalue weighted by molar-refractivity contribution is 0.0989. The molecule has 0 aliphatic rings. The Bertz CT molecular complexity index is 532. The summed E-state index contributed by atoms with van der Waals surface area (Å²) in [5.41, 5.74) is 1.02. The Balaban J connectivity index is 2.24. The lowest BCUT2D eigenvalue weighted by Crippen LogP contribution is -2.03. The summed E-state index contributed by atoms with van der Waals surface area (Å²) < 4.78 is 0. The molecule has 2 aromatic rings. The minimum absolute atomic E-state index is 0.147. The molecule has 86 valence electrons. The van der Waals surface area contributed by atoms with Crippen molar-refractivity contribution in [2.24, 2.45) is 0 Å². The van der Waals surface area contributed by atoms with Gasteiger partial charge in [-0.25, -0.2) is 0 Å². The first-order valence-corrected chi connectivity index (χ1v) is 5.26. The summed E-state index contributed by atoms with van der Waals surface area (Å²) in [6.45, 7) is 0. The Kier molecular flexibility index (Phi) is 3.10. The van der Waals surface area contributed by atoms with Crippen LogP contribution in [0.5, 0.6) is 11.5 Å². The van der Waals surface area contributed by atoms with Crippen molar-refractivity contribution in [3.05, 3.63) is 59.7 Å². The number of hydrogen-bond acceptors (Lipinski definition) is 3. The van der Waals surface area contributed by atoms with Crippen LogP contribution in [0.25, 0.3) is 0 Å². The number of carbonyl (C=O) groups is 1. The highest BCUT2D eigenvalue weighted by molar-refractivity contribution is 6.00. The van der Waals surface area contributed by atoms with Crippen LogP contribution >= 0.6 is 0 Å². The second-order valence-corrected chi connectivity index (χ2v) is 3.76. The molecule has 0 aliphatic heterocycles. The molecule has 0 saturated heterocycles. The SMILES string of the molecule is O=C(Cc1ccccc1)c1cccc(O)c1O. The van der Waals surface area contributed by atoms with Crippen molar-refractivity contribution in [3.8, 4) is 11.5 Å². The van der Waals surface area contributed by atoms with Crippen molar-refractivity contribution in [3.63, 3.8) is 0 Å². The molecule has 0 aliphatic carbocycles. The van der Waals surface area contributed by atoms with Gasteiger partial charge in [-0.1, -0.05) is 36.4 Å². The van der Waals surface area contributed by atoms with Crippen molar-refractivity contribution < 1.29 is 15.0 Å². The van der Waals surface area contributed by atoms with Crippen molar-refractivity contribution >= 4 is 5.78 Å². The van der Waals surface area contributed by atoms with Gasteiger partial charge in [-0.15, -0.1) is 0 Å².